The second-order valence-corrected chi connectivity index (χ2v) is 9.00. The summed E-state index contributed by atoms with van der Waals surface area (Å²) in [5.41, 5.74) is 0. The van der Waals surface area contributed by atoms with Crippen molar-refractivity contribution in [2.24, 2.45) is 0 Å². The largest absolute Gasteiger partial charge is 0.107 e. The highest BCUT2D eigenvalue weighted by atomic mass is 31.2. The Kier molecular flexibility index (Phi) is 2.02. The summed E-state index contributed by atoms with van der Waals surface area (Å²) < 4.78 is 0. The summed E-state index contributed by atoms with van der Waals surface area (Å²) in [4.78, 5) is 0. The van der Waals surface area contributed by atoms with Crippen LogP contribution in [-0.2, 0) is 0 Å². The van der Waals surface area contributed by atoms with Crippen molar-refractivity contribution < 1.29 is 0 Å². The molecule has 0 nitrogen and oxygen atoms in total. The van der Waals surface area contributed by atoms with Crippen LogP contribution in [0.2, 0.25) is 0 Å². The molecule has 0 aromatic heterocycles. The lowest BCUT2D eigenvalue weighted by Gasteiger charge is -2.33. The van der Waals surface area contributed by atoms with E-state index < -0.39 is 6.89 Å². The first kappa shape index (κ1) is 8.40. The smallest absolute Gasteiger partial charge is 0.0186 e. The lowest BCUT2D eigenvalue weighted by Crippen LogP contribution is -2.16. The molecule has 0 aliphatic carbocycles. The molecule has 0 radical (unpaired) electrons. The first-order valence-electron chi connectivity index (χ1n) is 4.17. The predicted molar refractivity (Wildman–Crippen MR) is 52.8 cm³/mol. The second-order valence-electron chi connectivity index (χ2n) is 4.47. The first-order chi connectivity index (χ1) is 4.46. The molecule has 1 rings (SSSR count). The van der Waals surface area contributed by atoms with Crippen molar-refractivity contribution in [1.82, 2.24) is 0 Å². The molecular formula is C9H19P. The average Bonchev–Trinajstić information content (AvgIpc) is 2.13. The van der Waals surface area contributed by atoms with Gasteiger partial charge in [-0.1, -0.05) is 20.8 Å². The van der Waals surface area contributed by atoms with E-state index in [1.54, 1.807) is 0 Å². The van der Waals surface area contributed by atoms with E-state index in [0.29, 0.717) is 5.16 Å². The molecule has 1 heteroatoms. The van der Waals surface area contributed by atoms with Crippen molar-refractivity contribution >= 4 is 13.2 Å². The van der Waals surface area contributed by atoms with Crippen molar-refractivity contribution in [1.29, 1.82) is 0 Å². The van der Waals surface area contributed by atoms with Crippen molar-refractivity contribution in [3.63, 3.8) is 0 Å². The molecule has 1 aliphatic rings. The third-order valence-corrected chi connectivity index (χ3v) is 8.04. The number of rotatable bonds is 0. The van der Waals surface area contributed by atoms with Crippen molar-refractivity contribution in [2.75, 3.05) is 12.3 Å². The minimum Gasteiger partial charge on any atom is -0.107 e. The molecule has 0 unspecified atom stereocenters. The van der Waals surface area contributed by atoms with Crippen molar-refractivity contribution in [3.8, 4) is 0 Å². The minimum atomic E-state index is -0.754. The Morgan fingerprint density at radius 2 is 1.50 bits per heavy atom. The zero-order chi connectivity index (χ0) is 7.83. The molecule has 0 spiro atoms. The molecule has 1 fully saturated rings. The summed E-state index contributed by atoms with van der Waals surface area (Å²) in [5.74, 6) is 0. The normalized spacial score (nSPS) is 25.1. The van der Waals surface area contributed by atoms with Gasteiger partial charge in [0.25, 0.3) is 0 Å². The van der Waals surface area contributed by atoms with E-state index >= 15 is 0 Å². The summed E-state index contributed by atoms with van der Waals surface area (Å²) in [6.07, 6.45) is 10.2. The summed E-state index contributed by atoms with van der Waals surface area (Å²) in [7, 11) is 0. The highest BCUT2D eigenvalue weighted by Crippen LogP contribution is 2.61. The summed E-state index contributed by atoms with van der Waals surface area (Å²) in [6, 6.07) is 0. The van der Waals surface area contributed by atoms with E-state index in [1.807, 2.05) is 0 Å². The molecule has 0 aromatic rings. The fourth-order valence-corrected chi connectivity index (χ4v) is 4.83. The summed E-state index contributed by atoms with van der Waals surface area (Å²) in [6.45, 7) is 6.33. The van der Waals surface area contributed by atoms with E-state index in [-0.39, 0.29) is 0 Å². The molecular weight excluding hydrogens is 139 g/mol. The molecule has 1 aliphatic heterocycles. The van der Waals surface area contributed by atoms with Crippen LogP contribution >= 0.6 is 6.89 Å². The Bertz CT molecular complexity index is 152. The molecule has 0 amide bonds. The highest BCUT2D eigenvalue weighted by Gasteiger charge is 2.31. The van der Waals surface area contributed by atoms with E-state index in [9.17, 15) is 0 Å². The van der Waals surface area contributed by atoms with Crippen molar-refractivity contribution in [3.05, 3.63) is 0 Å². The van der Waals surface area contributed by atoms with Gasteiger partial charge in [0.2, 0.25) is 0 Å². The summed E-state index contributed by atoms with van der Waals surface area (Å²) in [5, 5.41) is 0.517. The van der Waals surface area contributed by atoms with E-state index in [1.165, 1.54) is 25.2 Å². The Balaban J connectivity index is 2.78. The van der Waals surface area contributed by atoms with Gasteiger partial charge in [0.05, 0.1) is 0 Å². The van der Waals surface area contributed by atoms with Gasteiger partial charge >= 0.3 is 0 Å². The van der Waals surface area contributed by atoms with Crippen LogP contribution in [0.5, 0.6) is 0 Å². The Morgan fingerprint density at radius 3 is 1.70 bits per heavy atom. The first-order valence-corrected chi connectivity index (χ1v) is 6.52. The van der Waals surface area contributed by atoms with Gasteiger partial charge in [-0.25, -0.2) is 0 Å². The fourth-order valence-electron chi connectivity index (χ4n) is 1.61. The van der Waals surface area contributed by atoms with Crippen molar-refractivity contribution in [2.45, 2.75) is 38.8 Å². The van der Waals surface area contributed by atoms with Gasteiger partial charge in [-0.15, -0.1) is 13.2 Å². The average molecular weight is 158 g/mol. The van der Waals surface area contributed by atoms with Gasteiger partial charge in [-0.3, -0.25) is 0 Å². The molecule has 0 bridgehead atoms. The Hall–Kier alpha value is 0.300. The second kappa shape index (κ2) is 2.41. The van der Waals surface area contributed by atoms with Crippen LogP contribution in [0.1, 0.15) is 33.6 Å². The van der Waals surface area contributed by atoms with Gasteiger partial charge in [-0.05, 0) is 30.3 Å². The lowest BCUT2D eigenvalue weighted by molar-refractivity contribution is 0.781. The summed E-state index contributed by atoms with van der Waals surface area (Å²) >= 11 is 0. The minimum absolute atomic E-state index is 0.517. The molecule has 1 saturated heterocycles. The Morgan fingerprint density at radius 1 is 1.10 bits per heavy atom. The monoisotopic (exact) mass is 158 g/mol. The Labute approximate surface area is 65.0 Å². The molecule has 60 valence electrons. The molecule has 0 atom stereocenters. The van der Waals surface area contributed by atoms with E-state index in [2.05, 4.69) is 27.1 Å². The molecule has 0 aromatic carbocycles. The van der Waals surface area contributed by atoms with Gasteiger partial charge in [-0.2, -0.15) is 0 Å². The maximum Gasteiger partial charge on any atom is -0.0186 e. The zero-order valence-corrected chi connectivity index (χ0v) is 8.38. The molecule has 0 saturated carbocycles. The maximum atomic E-state index is 4.45. The number of hydrogen-bond donors (Lipinski definition) is 0. The van der Waals surface area contributed by atoms with Crippen LogP contribution in [0, 0.1) is 0 Å². The van der Waals surface area contributed by atoms with E-state index in [0.717, 1.165) is 0 Å². The van der Waals surface area contributed by atoms with Crippen LogP contribution in [0.15, 0.2) is 0 Å². The third-order valence-electron chi connectivity index (χ3n) is 2.85. The van der Waals surface area contributed by atoms with Crippen LogP contribution in [0.25, 0.3) is 0 Å². The fraction of sp³-hybridized carbons (Fsp3) is 0.889. The predicted octanol–water partition coefficient (Wildman–Crippen LogP) is 3.03. The molecule has 10 heavy (non-hydrogen) atoms. The molecule has 1 heterocycles. The third kappa shape index (κ3) is 1.32. The lowest BCUT2D eigenvalue weighted by atomic mass is 10.3. The van der Waals surface area contributed by atoms with Gasteiger partial charge in [0.1, 0.15) is 0 Å². The van der Waals surface area contributed by atoms with Crippen LogP contribution in [-0.4, -0.2) is 23.8 Å². The van der Waals surface area contributed by atoms with Crippen LogP contribution in [0.3, 0.4) is 0 Å². The highest BCUT2D eigenvalue weighted by molar-refractivity contribution is 7.75. The standard InChI is InChI=1S/C9H19P/c1-9(2,3)10(4)7-5-6-8-10/h4-8H2,1-3H3. The quantitative estimate of drug-likeness (QED) is 0.475. The van der Waals surface area contributed by atoms with E-state index in [4.69, 9.17) is 0 Å². The molecule has 0 N–H and O–H groups in total. The van der Waals surface area contributed by atoms with Gasteiger partial charge < -0.3 is 0 Å². The zero-order valence-electron chi connectivity index (χ0n) is 7.48. The topological polar surface area (TPSA) is 0 Å². The SMILES string of the molecule is C=P1(C(C)(C)C)CCCC1. The number of hydrogen-bond acceptors (Lipinski definition) is 0. The van der Waals surface area contributed by atoms with Crippen LogP contribution < -0.4 is 0 Å². The van der Waals surface area contributed by atoms with Gasteiger partial charge in [0, 0.05) is 0 Å². The maximum absolute atomic E-state index is 4.45. The van der Waals surface area contributed by atoms with Crippen LogP contribution in [0.4, 0.5) is 0 Å². The van der Waals surface area contributed by atoms with Gasteiger partial charge in [0.15, 0.2) is 0 Å².